The largest absolute Gasteiger partial charge is 0.493 e. The van der Waals surface area contributed by atoms with E-state index >= 15 is 0 Å². The lowest BCUT2D eigenvalue weighted by atomic mass is 10.0. The number of aryl methyl sites for hydroxylation is 5. The van der Waals surface area contributed by atoms with E-state index in [1.807, 2.05) is 58.5 Å². The normalized spacial score (nSPS) is 14.0. The Morgan fingerprint density at radius 1 is 1.02 bits per heavy atom. The van der Waals surface area contributed by atoms with Gasteiger partial charge in [0.2, 0.25) is 0 Å². The number of halogens is 2. The van der Waals surface area contributed by atoms with Crippen molar-refractivity contribution in [3.63, 3.8) is 0 Å². The van der Waals surface area contributed by atoms with E-state index in [0.29, 0.717) is 67.0 Å². The second kappa shape index (κ2) is 15.7. The predicted molar refractivity (Wildman–Crippen MR) is 202 cm³/mol. The van der Waals surface area contributed by atoms with E-state index in [0.717, 1.165) is 68.3 Å². The summed E-state index contributed by atoms with van der Waals surface area (Å²) in [6.07, 6.45) is 4.34. The van der Waals surface area contributed by atoms with Crippen molar-refractivity contribution in [2.75, 3.05) is 33.5 Å². The molecule has 1 aliphatic rings. The first kappa shape index (κ1) is 36.0. The van der Waals surface area contributed by atoms with E-state index in [2.05, 4.69) is 11.2 Å². The molecule has 272 valence electrons. The van der Waals surface area contributed by atoms with Crippen LogP contribution >= 0.6 is 23.4 Å². The zero-order chi connectivity index (χ0) is 36.4. The summed E-state index contributed by atoms with van der Waals surface area (Å²) in [5, 5.41) is 23.1. The molecule has 0 saturated heterocycles. The van der Waals surface area contributed by atoms with E-state index in [4.69, 9.17) is 30.9 Å². The fourth-order valence-electron chi connectivity index (χ4n) is 7.22. The van der Waals surface area contributed by atoms with Crippen LogP contribution in [0.1, 0.15) is 45.0 Å². The number of carbonyl (C=O) groups is 1. The van der Waals surface area contributed by atoms with Gasteiger partial charge in [-0.15, -0.1) is 0 Å². The van der Waals surface area contributed by atoms with Crippen LogP contribution in [0.25, 0.3) is 32.9 Å². The van der Waals surface area contributed by atoms with Crippen LogP contribution in [-0.2, 0) is 60.9 Å². The van der Waals surface area contributed by atoms with Gasteiger partial charge in [-0.2, -0.15) is 22.0 Å². The molecule has 0 saturated carbocycles. The van der Waals surface area contributed by atoms with Gasteiger partial charge in [0.15, 0.2) is 0 Å². The van der Waals surface area contributed by atoms with Gasteiger partial charge in [0.05, 0.1) is 54.6 Å². The minimum Gasteiger partial charge on any atom is -0.493 e. The molecule has 10 nitrogen and oxygen atoms in total. The molecular formula is C39H41ClFN5O5S. The summed E-state index contributed by atoms with van der Waals surface area (Å²) in [5.74, 6) is 0.676. The molecule has 1 N–H and O–H groups in total. The Morgan fingerprint density at radius 3 is 2.69 bits per heavy atom. The monoisotopic (exact) mass is 745 g/mol. The van der Waals surface area contributed by atoms with Crippen LogP contribution in [0.15, 0.2) is 54.7 Å². The standard InChI is InChI=1S/C39H41ClFN5O5S/c1-44-29-8-6-24-17-25-19-27(41)7-9-30(25)34(18-24)51-13-4-5-31-32-10-11-33(40)35(36-26(21-42-45(36)2)22-52-23-28(20-29)43-44)37(32)46(38(31)39(47)48)12-14-50-16-15-49-3/h7,9-11,17-21H,4-6,8,12-16,22-23H2,1-3H3,(H,47,48). The number of benzene rings is 3. The van der Waals surface area contributed by atoms with Gasteiger partial charge < -0.3 is 23.9 Å². The third-order valence-electron chi connectivity index (χ3n) is 9.59. The third-order valence-corrected chi connectivity index (χ3v) is 10.9. The third kappa shape index (κ3) is 7.30. The molecule has 8 bridgehead atoms. The molecular weight excluding hydrogens is 705 g/mol. The van der Waals surface area contributed by atoms with E-state index in [1.54, 1.807) is 24.9 Å². The molecule has 0 unspecified atom stereocenters. The van der Waals surface area contributed by atoms with Gasteiger partial charge in [-0.05, 0) is 78.6 Å². The fraction of sp³-hybridized carbons (Fsp3) is 0.359. The summed E-state index contributed by atoms with van der Waals surface area (Å²) in [7, 11) is 5.46. The lowest BCUT2D eigenvalue weighted by molar-refractivity contribution is 0.0631. The van der Waals surface area contributed by atoms with Crippen LogP contribution in [-0.4, -0.2) is 68.7 Å². The number of aromatic nitrogens is 5. The maximum Gasteiger partial charge on any atom is 0.352 e. The smallest absolute Gasteiger partial charge is 0.352 e. The molecule has 3 aromatic carbocycles. The Labute approximate surface area is 310 Å². The highest BCUT2D eigenvalue weighted by Gasteiger charge is 2.28. The molecule has 7 rings (SSSR count). The van der Waals surface area contributed by atoms with Crippen molar-refractivity contribution >= 4 is 51.0 Å². The minimum absolute atomic E-state index is 0.197. The Kier molecular flexibility index (Phi) is 10.9. The van der Waals surface area contributed by atoms with Crippen molar-refractivity contribution < 1.29 is 28.5 Å². The van der Waals surface area contributed by atoms with Gasteiger partial charge in [0.1, 0.15) is 17.3 Å². The van der Waals surface area contributed by atoms with Gasteiger partial charge >= 0.3 is 5.97 Å². The Hall–Kier alpha value is -4.36. The highest BCUT2D eigenvalue weighted by molar-refractivity contribution is 7.97. The highest BCUT2D eigenvalue weighted by atomic mass is 35.5. The van der Waals surface area contributed by atoms with Crippen molar-refractivity contribution in [3.8, 4) is 17.0 Å². The summed E-state index contributed by atoms with van der Waals surface area (Å²) >= 11 is 8.80. The second-order valence-corrected chi connectivity index (χ2v) is 14.4. The van der Waals surface area contributed by atoms with Gasteiger partial charge in [0, 0.05) is 66.8 Å². The van der Waals surface area contributed by atoms with Crippen molar-refractivity contribution in [2.45, 2.75) is 43.7 Å². The van der Waals surface area contributed by atoms with Gasteiger partial charge in [-0.25, -0.2) is 9.18 Å². The molecule has 3 aromatic heterocycles. The van der Waals surface area contributed by atoms with Crippen molar-refractivity contribution in [2.24, 2.45) is 14.1 Å². The zero-order valence-electron chi connectivity index (χ0n) is 29.5. The van der Waals surface area contributed by atoms with Gasteiger partial charge in [-0.1, -0.05) is 23.7 Å². The molecule has 0 fully saturated rings. The average Bonchev–Trinajstić information content (AvgIpc) is 3.77. The maximum atomic E-state index is 14.4. The lowest BCUT2D eigenvalue weighted by Gasteiger charge is -2.15. The number of carboxylic acids is 1. The Morgan fingerprint density at radius 2 is 1.87 bits per heavy atom. The zero-order valence-corrected chi connectivity index (χ0v) is 31.0. The summed E-state index contributed by atoms with van der Waals surface area (Å²) in [4.78, 5) is 13.1. The molecule has 52 heavy (non-hydrogen) atoms. The van der Waals surface area contributed by atoms with Crippen molar-refractivity contribution in [1.82, 2.24) is 24.1 Å². The van der Waals surface area contributed by atoms with E-state index < -0.39 is 5.97 Å². The predicted octanol–water partition coefficient (Wildman–Crippen LogP) is 7.63. The fourth-order valence-corrected chi connectivity index (χ4v) is 8.35. The number of methoxy groups -OCH3 is 1. The first-order valence-electron chi connectivity index (χ1n) is 17.3. The van der Waals surface area contributed by atoms with Gasteiger partial charge in [-0.3, -0.25) is 9.36 Å². The number of rotatable bonds is 7. The van der Waals surface area contributed by atoms with Crippen LogP contribution in [0.5, 0.6) is 5.75 Å². The summed E-state index contributed by atoms with van der Waals surface area (Å²) in [6.45, 7) is 1.73. The highest BCUT2D eigenvalue weighted by Crippen LogP contribution is 2.42. The summed E-state index contributed by atoms with van der Waals surface area (Å²) in [6, 6.07) is 14.7. The molecule has 0 spiro atoms. The quantitative estimate of drug-likeness (QED) is 0.167. The van der Waals surface area contributed by atoms with Crippen molar-refractivity contribution in [1.29, 1.82) is 0 Å². The second-order valence-electron chi connectivity index (χ2n) is 13.0. The van der Waals surface area contributed by atoms with E-state index in [1.165, 1.54) is 12.1 Å². The Balaban J connectivity index is 1.35. The average molecular weight is 746 g/mol. The van der Waals surface area contributed by atoms with Crippen molar-refractivity contribution in [3.05, 3.63) is 99.3 Å². The minimum atomic E-state index is -1.03. The number of ether oxygens (including phenoxy) is 3. The first-order chi connectivity index (χ1) is 25.2. The van der Waals surface area contributed by atoms with Crippen LogP contribution in [0, 0.1) is 5.82 Å². The SMILES string of the molecule is COCCOCCn1c(C(=O)O)c2c3ccc(Cl)c(c31)-c1c(cnn1C)CSCc1cc(n(C)n1)CCc1cc(c3ccc(F)cc3c1)OCCC2. The van der Waals surface area contributed by atoms with E-state index in [-0.39, 0.29) is 18.1 Å². The van der Waals surface area contributed by atoms with Crippen LogP contribution in [0.3, 0.4) is 0 Å². The van der Waals surface area contributed by atoms with Crippen LogP contribution in [0.4, 0.5) is 4.39 Å². The number of carboxylic acid groups (broad SMARTS) is 1. The first-order valence-corrected chi connectivity index (χ1v) is 18.9. The topological polar surface area (TPSA) is 106 Å². The molecule has 0 radical (unpaired) electrons. The van der Waals surface area contributed by atoms with Crippen LogP contribution in [0.2, 0.25) is 5.02 Å². The molecule has 6 aromatic rings. The molecule has 13 heteroatoms. The Bertz CT molecular complexity index is 2260. The number of hydrogen-bond acceptors (Lipinski definition) is 7. The molecule has 0 atom stereocenters. The van der Waals surface area contributed by atoms with Crippen LogP contribution < -0.4 is 4.74 Å². The molecule has 4 heterocycles. The number of nitrogens with zero attached hydrogens (tertiary/aromatic N) is 5. The summed E-state index contributed by atoms with van der Waals surface area (Å²) < 4.78 is 37.4. The lowest BCUT2D eigenvalue weighted by Crippen LogP contribution is -2.16. The maximum absolute atomic E-state index is 14.4. The summed E-state index contributed by atoms with van der Waals surface area (Å²) in [5.41, 5.74) is 7.31. The number of thioether (sulfide) groups is 1. The number of aromatic carboxylic acids is 1. The molecule has 0 aliphatic carbocycles. The molecule has 0 amide bonds. The van der Waals surface area contributed by atoms with Gasteiger partial charge in [0.25, 0.3) is 0 Å². The van der Waals surface area contributed by atoms with E-state index in [9.17, 15) is 14.3 Å². The molecule has 1 aliphatic heterocycles. The number of hydrogen-bond donors (Lipinski definition) is 1. The number of fused-ring (bicyclic) bond motifs is 8.